The van der Waals surface area contributed by atoms with Gasteiger partial charge in [0.1, 0.15) is 0 Å². The second-order valence-electron chi connectivity index (χ2n) is 5.18. The molecule has 0 spiro atoms. The van der Waals surface area contributed by atoms with Crippen LogP contribution < -0.4 is 5.32 Å². The number of benzene rings is 1. The van der Waals surface area contributed by atoms with E-state index < -0.39 is 0 Å². The zero-order valence-corrected chi connectivity index (χ0v) is 10.2. The van der Waals surface area contributed by atoms with E-state index in [1.807, 2.05) is 0 Å². The Balaban J connectivity index is 2.46. The maximum absolute atomic E-state index is 3.72. The Morgan fingerprint density at radius 3 is 2.87 bits per heavy atom. The van der Waals surface area contributed by atoms with Gasteiger partial charge in [0.05, 0.1) is 0 Å². The molecule has 0 saturated heterocycles. The lowest BCUT2D eigenvalue weighted by Gasteiger charge is -2.40. The van der Waals surface area contributed by atoms with Crippen molar-refractivity contribution in [2.75, 3.05) is 5.32 Å². The second-order valence-corrected chi connectivity index (χ2v) is 5.18. The monoisotopic (exact) mass is 203 g/mol. The zero-order chi connectivity index (χ0) is 11.1. The topological polar surface area (TPSA) is 12.0 Å². The Morgan fingerprint density at radius 2 is 2.20 bits per heavy atom. The van der Waals surface area contributed by atoms with Crippen molar-refractivity contribution in [3.63, 3.8) is 0 Å². The van der Waals surface area contributed by atoms with Gasteiger partial charge in [0.25, 0.3) is 0 Å². The summed E-state index contributed by atoms with van der Waals surface area (Å²) in [5, 5.41) is 3.72. The standard InChI is InChI=1S/C14H21N/c1-5-14(4)9-11(3)12-8-6-7-10(2)13(12)15-14/h6-8,11,15H,5,9H2,1-4H3. The summed E-state index contributed by atoms with van der Waals surface area (Å²) in [7, 11) is 0. The fourth-order valence-corrected chi connectivity index (χ4v) is 2.64. The molecule has 2 rings (SSSR count). The van der Waals surface area contributed by atoms with Crippen molar-refractivity contribution in [1.29, 1.82) is 0 Å². The van der Waals surface area contributed by atoms with Crippen molar-refractivity contribution < 1.29 is 0 Å². The number of rotatable bonds is 1. The van der Waals surface area contributed by atoms with Gasteiger partial charge in [-0.3, -0.25) is 0 Å². The maximum Gasteiger partial charge on any atom is 0.0409 e. The summed E-state index contributed by atoms with van der Waals surface area (Å²) in [6.07, 6.45) is 2.42. The van der Waals surface area contributed by atoms with Crippen LogP contribution in [-0.4, -0.2) is 5.54 Å². The molecule has 2 atom stereocenters. The minimum Gasteiger partial charge on any atom is -0.379 e. The van der Waals surface area contributed by atoms with Gasteiger partial charge >= 0.3 is 0 Å². The van der Waals surface area contributed by atoms with Crippen LogP contribution in [0.25, 0.3) is 0 Å². The molecule has 1 aromatic carbocycles. The summed E-state index contributed by atoms with van der Waals surface area (Å²) in [6.45, 7) is 9.13. The molecule has 1 heteroatoms. The Labute approximate surface area is 92.9 Å². The van der Waals surface area contributed by atoms with Gasteiger partial charge in [-0.1, -0.05) is 32.0 Å². The van der Waals surface area contributed by atoms with Crippen molar-refractivity contribution in [2.45, 2.75) is 52.0 Å². The van der Waals surface area contributed by atoms with Gasteiger partial charge in [0.2, 0.25) is 0 Å². The van der Waals surface area contributed by atoms with Crippen molar-refractivity contribution in [3.8, 4) is 0 Å². The number of hydrogen-bond donors (Lipinski definition) is 1. The number of hydrogen-bond acceptors (Lipinski definition) is 1. The Morgan fingerprint density at radius 1 is 1.47 bits per heavy atom. The van der Waals surface area contributed by atoms with Gasteiger partial charge in [-0.25, -0.2) is 0 Å². The van der Waals surface area contributed by atoms with E-state index in [0.29, 0.717) is 5.92 Å². The number of nitrogens with one attached hydrogen (secondary N) is 1. The van der Waals surface area contributed by atoms with Gasteiger partial charge < -0.3 is 5.32 Å². The third-order valence-electron chi connectivity index (χ3n) is 3.80. The number of anilines is 1. The highest BCUT2D eigenvalue weighted by Gasteiger charge is 2.31. The van der Waals surface area contributed by atoms with Gasteiger partial charge in [-0.2, -0.15) is 0 Å². The van der Waals surface area contributed by atoms with Gasteiger partial charge in [0.15, 0.2) is 0 Å². The van der Waals surface area contributed by atoms with Gasteiger partial charge in [0, 0.05) is 11.2 Å². The second kappa shape index (κ2) is 3.55. The van der Waals surface area contributed by atoms with Crippen molar-refractivity contribution in [1.82, 2.24) is 0 Å². The SMILES string of the molecule is CCC1(C)CC(C)c2cccc(C)c2N1. The van der Waals surface area contributed by atoms with E-state index in [9.17, 15) is 0 Å². The molecule has 0 fully saturated rings. The summed E-state index contributed by atoms with van der Waals surface area (Å²) in [5.74, 6) is 0.672. The van der Waals surface area contributed by atoms with Crippen LogP contribution >= 0.6 is 0 Å². The molecule has 0 amide bonds. The fourth-order valence-electron chi connectivity index (χ4n) is 2.64. The third-order valence-corrected chi connectivity index (χ3v) is 3.80. The average Bonchev–Trinajstić information content (AvgIpc) is 2.20. The molecule has 1 aliphatic rings. The Bertz CT molecular complexity index is 370. The molecular formula is C14H21N. The molecule has 0 saturated carbocycles. The van der Waals surface area contributed by atoms with E-state index in [4.69, 9.17) is 0 Å². The van der Waals surface area contributed by atoms with Crippen molar-refractivity contribution >= 4 is 5.69 Å². The molecule has 0 radical (unpaired) electrons. The lowest BCUT2D eigenvalue weighted by molar-refractivity contribution is 0.406. The van der Waals surface area contributed by atoms with Crippen LogP contribution in [0.5, 0.6) is 0 Å². The Hall–Kier alpha value is -0.980. The summed E-state index contributed by atoms with van der Waals surface area (Å²) in [6, 6.07) is 6.62. The van der Waals surface area contributed by atoms with Gasteiger partial charge in [-0.05, 0) is 43.7 Å². The fraction of sp³-hybridized carbons (Fsp3) is 0.571. The molecule has 1 heterocycles. The zero-order valence-electron chi connectivity index (χ0n) is 10.2. The first-order valence-corrected chi connectivity index (χ1v) is 5.93. The van der Waals surface area contributed by atoms with Crippen LogP contribution in [0.4, 0.5) is 5.69 Å². The molecule has 1 aliphatic heterocycles. The lowest BCUT2D eigenvalue weighted by Crippen LogP contribution is -2.39. The molecule has 2 unspecified atom stereocenters. The van der Waals surface area contributed by atoms with Crippen LogP contribution in [-0.2, 0) is 0 Å². The van der Waals surface area contributed by atoms with E-state index in [0.717, 1.165) is 0 Å². The molecule has 82 valence electrons. The van der Waals surface area contributed by atoms with Crippen molar-refractivity contribution in [3.05, 3.63) is 29.3 Å². The van der Waals surface area contributed by atoms with Crippen LogP contribution in [0.1, 0.15) is 50.7 Å². The van der Waals surface area contributed by atoms with Gasteiger partial charge in [-0.15, -0.1) is 0 Å². The third kappa shape index (κ3) is 1.75. The summed E-state index contributed by atoms with van der Waals surface area (Å²) in [5.41, 5.74) is 4.51. The minimum atomic E-state index is 0.276. The number of para-hydroxylation sites is 1. The highest BCUT2D eigenvalue weighted by atomic mass is 15.0. The molecule has 1 N–H and O–H groups in total. The summed E-state index contributed by atoms with van der Waals surface area (Å²) in [4.78, 5) is 0. The highest BCUT2D eigenvalue weighted by molar-refractivity contribution is 5.61. The molecule has 15 heavy (non-hydrogen) atoms. The quantitative estimate of drug-likeness (QED) is 0.725. The van der Waals surface area contributed by atoms with Crippen LogP contribution in [0.15, 0.2) is 18.2 Å². The van der Waals surface area contributed by atoms with E-state index in [-0.39, 0.29) is 5.54 Å². The first-order valence-electron chi connectivity index (χ1n) is 5.93. The summed E-state index contributed by atoms with van der Waals surface area (Å²) < 4.78 is 0. The van der Waals surface area contributed by atoms with E-state index >= 15 is 0 Å². The molecule has 0 aliphatic carbocycles. The highest BCUT2D eigenvalue weighted by Crippen LogP contribution is 2.41. The van der Waals surface area contributed by atoms with E-state index in [2.05, 4.69) is 51.2 Å². The predicted octanol–water partition coefficient (Wildman–Crippen LogP) is 4.08. The minimum absolute atomic E-state index is 0.276. The smallest absolute Gasteiger partial charge is 0.0409 e. The average molecular weight is 203 g/mol. The molecule has 0 bridgehead atoms. The summed E-state index contributed by atoms with van der Waals surface area (Å²) >= 11 is 0. The normalized spacial score (nSPS) is 29.5. The van der Waals surface area contributed by atoms with Crippen LogP contribution in [0, 0.1) is 6.92 Å². The first-order chi connectivity index (χ1) is 7.06. The largest absolute Gasteiger partial charge is 0.379 e. The Kier molecular flexibility index (Phi) is 2.49. The predicted molar refractivity (Wildman–Crippen MR) is 66.5 cm³/mol. The molecule has 1 nitrogen and oxygen atoms in total. The van der Waals surface area contributed by atoms with Crippen LogP contribution in [0.3, 0.4) is 0 Å². The molecule has 1 aromatic rings. The first kappa shape index (κ1) is 10.5. The lowest BCUT2D eigenvalue weighted by atomic mass is 9.79. The van der Waals surface area contributed by atoms with Crippen LogP contribution in [0.2, 0.25) is 0 Å². The molecule has 0 aromatic heterocycles. The van der Waals surface area contributed by atoms with E-state index in [1.54, 1.807) is 0 Å². The van der Waals surface area contributed by atoms with Crippen molar-refractivity contribution in [2.24, 2.45) is 0 Å². The maximum atomic E-state index is 3.72. The van der Waals surface area contributed by atoms with E-state index in [1.165, 1.54) is 29.7 Å². The molecular weight excluding hydrogens is 182 g/mol. The number of fused-ring (bicyclic) bond motifs is 1. The number of aryl methyl sites for hydroxylation is 1.